The second-order valence-corrected chi connectivity index (χ2v) is 10.3. The van der Waals surface area contributed by atoms with Crippen LogP contribution in [-0.4, -0.2) is 53.0 Å². The van der Waals surface area contributed by atoms with E-state index in [-0.39, 0.29) is 24.7 Å². The molecule has 0 aromatic heterocycles. The van der Waals surface area contributed by atoms with Crippen molar-refractivity contribution >= 4 is 23.7 Å². The maximum atomic E-state index is 13.4. The van der Waals surface area contributed by atoms with Crippen molar-refractivity contribution in [2.24, 2.45) is 17.6 Å². The molecule has 2 aromatic carbocycles. The SMILES string of the molecule is CC(C)CC(NC(=O)C(NC(=O)C(Cc1ccccc1)NC(=O)C(N)Cc1ccccc1)C(C)C)C(=O)O. The molecule has 0 aliphatic heterocycles. The predicted molar refractivity (Wildman–Crippen MR) is 146 cm³/mol. The fourth-order valence-corrected chi connectivity index (χ4v) is 4.04. The summed E-state index contributed by atoms with van der Waals surface area (Å²) < 4.78 is 0. The number of carboxylic acid groups (broad SMARTS) is 1. The van der Waals surface area contributed by atoms with Crippen LogP contribution in [-0.2, 0) is 32.0 Å². The second kappa shape index (κ2) is 14.9. The Morgan fingerprint density at radius 1 is 0.711 bits per heavy atom. The molecule has 0 aliphatic carbocycles. The van der Waals surface area contributed by atoms with Gasteiger partial charge in [0.25, 0.3) is 0 Å². The van der Waals surface area contributed by atoms with Gasteiger partial charge in [-0.2, -0.15) is 0 Å². The quantitative estimate of drug-likeness (QED) is 0.255. The van der Waals surface area contributed by atoms with Crippen molar-refractivity contribution in [2.75, 3.05) is 0 Å². The fourth-order valence-electron chi connectivity index (χ4n) is 4.04. The molecule has 0 saturated carbocycles. The Bertz CT molecular complexity index is 1060. The highest BCUT2D eigenvalue weighted by Crippen LogP contribution is 2.10. The highest BCUT2D eigenvalue weighted by Gasteiger charge is 2.32. The molecule has 4 atom stereocenters. The lowest BCUT2D eigenvalue weighted by Crippen LogP contribution is -2.59. The summed E-state index contributed by atoms with van der Waals surface area (Å²) in [7, 11) is 0. The number of amides is 3. The standard InChI is InChI=1S/C29H40N4O5/c1-18(2)15-24(29(37)38)32-28(36)25(19(3)4)33-27(35)23(17-21-13-9-6-10-14-21)31-26(34)22(30)16-20-11-7-5-8-12-20/h5-14,18-19,22-25H,15-17,30H2,1-4H3,(H,31,34)(H,32,36)(H,33,35)(H,37,38). The maximum absolute atomic E-state index is 13.4. The molecule has 2 aromatic rings. The van der Waals surface area contributed by atoms with E-state index in [0.29, 0.717) is 6.42 Å². The van der Waals surface area contributed by atoms with Crippen LogP contribution in [0.25, 0.3) is 0 Å². The van der Waals surface area contributed by atoms with Crippen LogP contribution >= 0.6 is 0 Å². The van der Waals surface area contributed by atoms with Crippen LogP contribution in [0.5, 0.6) is 0 Å². The Hall–Kier alpha value is -3.72. The molecule has 0 fully saturated rings. The lowest BCUT2D eigenvalue weighted by Gasteiger charge is -2.27. The zero-order valence-corrected chi connectivity index (χ0v) is 22.5. The topological polar surface area (TPSA) is 151 Å². The van der Waals surface area contributed by atoms with Gasteiger partial charge in [0.05, 0.1) is 6.04 Å². The molecule has 9 heteroatoms. The summed E-state index contributed by atoms with van der Waals surface area (Å²) in [6.07, 6.45) is 0.746. The molecule has 38 heavy (non-hydrogen) atoms. The van der Waals surface area contributed by atoms with E-state index >= 15 is 0 Å². The number of carboxylic acids is 1. The van der Waals surface area contributed by atoms with E-state index in [1.54, 1.807) is 13.8 Å². The molecule has 9 nitrogen and oxygen atoms in total. The summed E-state index contributed by atoms with van der Waals surface area (Å²) in [4.78, 5) is 51.1. The van der Waals surface area contributed by atoms with Gasteiger partial charge in [-0.15, -0.1) is 0 Å². The number of carbonyl (C=O) groups excluding carboxylic acids is 3. The Kier molecular flexibility index (Phi) is 11.9. The van der Waals surface area contributed by atoms with Crippen molar-refractivity contribution < 1.29 is 24.3 Å². The number of carbonyl (C=O) groups is 4. The van der Waals surface area contributed by atoms with Crippen LogP contribution in [0.15, 0.2) is 60.7 Å². The third-order valence-corrected chi connectivity index (χ3v) is 6.12. The zero-order chi connectivity index (χ0) is 28.2. The molecule has 3 amide bonds. The van der Waals surface area contributed by atoms with Crippen LogP contribution in [0.1, 0.15) is 45.2 Å². The minimum atomic E-state index is -1.14. The first-order chi connectivity index (χ1) is 18.0. The van der Waals surface area contributed by atoms with Gasteiger partial charge in [0.15, 0.2) is 0 Å². The summed E-state index contributed by atoms with van der Waals surface area (Å²) in [5.41, 5.74) is 7.86. The van der Waals surface area contributed by atoms with Crippen molar-refractivity contribution in [1.82, 2.24) is 16.0 Å². The minimum absolute atomic E-state index is 0.0500. The molecule has 6 N–H and O–H groups in total. The van der Waals surface area contributed by atoms with Crippen LogP contribution in [0.2, 0.25) is 0 Å². The van der Waals surface area contributed by atoms with E-state index in [9.17, 15) is 24.3 Å². The Balaban J connectivity index is 2.18. The number of rotatable bonds is 14. The lowest BCUT2D eigenvalue weighted by molar-refractivity contribution is -0.143. The predicted octanol–water partition coefficient (Wildman–Crippen LogP) is 2.04. The normalized spacial score (nSPS) is 14.3. The number of benzene rings is 2. The van der Waals surface area contributed by atoms with Gasteiger partial charge in [-0.1, -0.05) is 88.4 Å². The van der Waals surface area contributed by atoms with Crippen molar-refractivity contribution in [1.29, 1.82) is 0 Å². The molecule has 0 aliphatic rings. The van der Waals surface area contributed by atoms with Crippen molar-refractivity contribution in [2.45, 2.75) is 71.1 Å². The molecule has 0 heterocycles. The number of hydrogen-bond donors (Lipinski definition) is 5. The van der Waals surface area contributed by atoms with Gasteiger partial charge in [-0.3, -0.25) is 14.4 Å². The van der Waals surface area contributed by atoms with Gasteiger partial charge in [-0.05, 0) is 35.8 Å². The first-order valence-corrected chi connectivity index (χ1v) is 12.9. The van der Waals surface area contributed by atoms with Gasteiger partial charge in [-0.25, -0.2) is 4.79 Å². The average Bonchev–Trinajstić information content (AvgIpc) is 2.86. The second-order valence-electron chi connectivity index (χ2n) is 10.3. The first-order valence-electron chi connectivity index (χ1n) is 12.9. The van der Waals surface area contributed by atoms with Crippen molar-refractivity contribution in [3.63, 3.8) is 0 Å². The number of aliphatic carboxylic acids is 1. The van der Waals surface area contributed by atoms with Gasteiger partial charge in [0.2, 0.25) is 17.7 Å². The number of nitrogens with one attached hydrogen (secondary N) is 3. The third-order valence-electron chi connectivity index (χ3n) is 6.12. The molecule has 0 spiro atoms. The van der Waals surface area contributed by atoms with Gasteiger partial charge in [0, 0.05) is 6.42 Å². The van der Waals surface area contributed by atoms with Crippen LogP contribution in [0, 0.1) is 11.8 Å². The van der Waals surface area contributed by atoms with Crippen LogP contribution in [0.3, 0.4) is 0 Å². The third kappa shape index (κ3) is 9.97. The molecule has 4 unspecified atom stereocenters. The minimum Gasteiger partial charge on any atom is -0.480 e. The smallest absolute Gasteiger partial charge is 0.326 e. The van der Waals surface area contributed by atoms with Crippen molar-refractivity contribution in [3.8, 4) is 0 Å². The number of nitrogens with two attached hydrogens (primary N) is 1. The molecular formula is C29H40N4O5. The highest BCUT2D eigenvalue weighted by atomic mass is 16.4. The molecule has 0 bridgehead atoms. The largest absolute Gasteiger partial charge is 0.480 e. The van der Waals surface area contributed by atoms with Gasteiger partial charge in [0.1, 0.15) is 18.1 Å². The Morgan fingerprint density at radius 2 is 1.21 bits per heavy atom. The highest BCUT2D eigenvalue weighted by molar-refractivity contribution is 5.94. The maximum Gasteiger partial charge on any atom is 0.326 e. The molecule has 2 rings (SSSR count). The summed E-state index contributed by atoms with van der Waals surface area (Å²) in [6, 6.07) is 14.6. The van der Waals surface area contributed by atoms with Crippen LogP contribution in [0.4, 0.5) is 0 Å². The van der Waals surface area contributed by atoms with E-state index in [4.69, 9.17) is 5.73 Å². The van der Waals surface area contributed by atoms with E-state index in [1.165, 1.54) is 0 Å². The van der Waals surface area contributed by atoms with E-state index in [0.717, 1.165) is 11.1 Å². The van der Waals surface area contributed by atoms with Gasteiger partial charge < -0.3 is 26.8 Å². The Morgan fingerprint density at radius 3 is 1.68 bits per heavy atom. The van der Waals surface area contributed by atoms with Gasteiger partial charge >= 0.3 is 5.97 Å². The van der Waals surface area contributed by atoms with E-state index in [1.807, 2.05) is 74.5 Å². The summed E-state index contributed by atoms with van der Waals surface area (Å²) >= 11 is 0. The van der Waals surface area contributed by atoms with Crippen molar-refractivity contribution in [3.05, 3.63) is 71.8 Å². The lowest BCUT2D eigenvalue weighted by atomic mass is 9.99. The van der Waals surface area contributed by atoms with E-state index in [2.05, 4.69) is 16.0 Å². The molecular weight excluding hydrogens is 484 g/mol. The van der Waals surface area contributed by atoms with E-state index < -0.39 is 47.9 Å². The summed E-state index contributed by atoms with van der Waals surface area (Å²) in [5, 5.41) is 17.6. The first kappa shape index (κ1) is 30.5. The fraction of sp³-hybridized carbons (Fsp3) is 0.448. The summed E-state index contributed by atoms with van der Waals surface area (Å²) in [5.74, 6) is -3.05. The average molecular weight is 525 g/mol. The monoisotopic (exact) mass is 524 g/mol. The molecule has 206 valence electrons. The Labute approximate surface area is 224 Å². The zero-order valence-electron chi connectivity index (χ0n) is 22.5. The van der Waals surface area contributed by atoms with Crippen LogP contribution < -0.4 is 21.7 Å². The molecule has 0 saturated heterocycles. The number of hydrogen-bond acceptors (Lipinski definition) is 5. The molecule has 0 radical (unpaired) electrons. The summed E-state index contributed by atoms with van der Waals surface area (Å²) in [6.45, 7) is 7.24.